The normalized spacial score (nSPS) is 10.4. The van der Waals surface area contributed by atoms with Gasteiger partial charge in [-0.05, 0) is 25.5 Å². The maximum absolute atomic E-state index is 11.8. The van der Waals surface area contributed by atoms with Gasteiger partial charge in [-0.1, -0.05) is 11.8 Å². The van der Waals surface area contributed by atoms with Gasteiger partial charge < -0.3 is 15.9 Å². The van der Waals surface area contributed by atoms with Gasteiger partial charge in [-0.15, -0.1) is 10.2 Å². The number of hydrogen-bond donors (Lipinski definition) is 2. The molecule has 0 aliphatic heterocycles. The summed E-state index contributed by atoms with van der Waals surface area (Å²) in [4.78, 5) is 27.0. The van der Waals surface area contributed by atoms with Crippen LogP contribution in [0.3, 0.4) is 0 Å². The Kier molecular flexibility index (Phi) is 7.20. The summed E-state index contributed by atoms with van der Waals surface area (Å²) >= 11 is 1.18. The van der Waals surface area contributed by atoms with Crippen molar-refractivity contribution in [2.45, 2.75) is 24.9 Å². The van der Waals surface area contributed by atoms with Gasteiger partial charge in [-0.2, -0.15) is 0 Å². The maximum atomic E-state index is 11.8. The number of carbonyl (C=O) groups is 2. The number of ether oxygens (including phenoxy) is 1. The van der Waals surface area contributed by atoms with Crippen molar-refractivity contribution < 1.29 is 14.3 Å². The zero-order valence-corrected chi connectivity index (χ0v) is 14.7. The highest BCUT2D eigenvalue weighted by atomic mass is 32.2. The number of carbonyl (C=O) groups excluding carboxylic acids is 2. The van der Waals surface area contributed by atoms with Crippen LogP contribution in [0.1, 0.15) is 19.8 Å². The van der Waals surface area contributed by atoms with Crippen LogP contribution in [-0.4, -0.2) is 50.6 Å². The summed E-state index contributed by atoms with van der Waals surface area (Å²) in [7, 11) is 0. The Balaban J connectivity index is 1.75. The number of hydrogen-bond acceptors (Lipinski definition) is 8. The Morgan fingerprint density at radius 3 is 2.96 bits per heavy atom. The summed E-state index contributed by atoms with van der Waals surface area (Å²) < 4.78 is 6.14. The first-order chi connectivity index (χ1) is 12.1. The van der Waals surface area contributed by atoms with Gasteiger partial charge >= 0.3 is 5.97 Å². The molecule has 0 fully saturated rings. The number of nitrogens with zero attached hydrogens (tertiary/aromatic N) is 4. The first-order valence-corrected chi connectivity index (χ1v) is 8.76. The van der Waals surface area contributed by atoms with E-state index in [1.807, 2.05) is 6.07 Å². The van der Waals surface area contributed by atoms with Crippen LogP contribution >= 0.6 is 11.8 Å². The average molecular weight is 364 g/mol. The number of pyridine rings is 1. The SMILES string of the molecule is CCOC(=O)CCCNC(=O)CSc1nnc(-c2cccnc2)n1N. The number of amides is 1. The van der Waals surface area contributed by atoms with Crippen LogP contribution in [0.4, 0.5) is 0 Å². The third kappa shape index (κ3) is 5.75. The molecule has 3 N–H and O–H groups in total. The standard InChI is InChI=1S/C15H20N6O3S/c1-2-24-13(23)6-4-8-18-12(22)10-25-15-20-19-14(21(15)16)11-5-3-7-17-9-11/h3,5,7,9H,2,4,6,8,10,16H2,1H3,(H,18,22). The van der Waals surface area contributed by atoms with Crippen molar-refractivity contribution >= 4 is 23.6 Å². The van der Waals surface area contributed by atoms with Gasteiger partial charge in [-0.3, -0.25) is 14.6 Å². The summed E-state index contributed by atoms with van der Waals surface area (Å²) in [6, 6.07) is 3.60. The van der Waals surface area contributed by atoms with Crippen LogP contribution in [0.25, 0.3) is 11.4 Å². The second-order valence-electron chi connectivity index (χ2n) is 4.97. The molecule has 0 atom stereocenters. The number of nitrogens with one attached hydrogen (secondary N) is 1. The number of nitrogen functional groups attached to an aromatic ring is 1. The minimum absolute atomic E-state index is 0.155. The van der Waals surface area contributed by atoms with Crippen molar-refractivity contribution in [3.05, 3.63) is 24.5 Å². The van der Waals surface area contributed by atoms with Gasteiger partial charge in [0.05, 0.1) is 12.4 Å². The molecule has 0 radical (unpaired) electrons. The van der Waals surface area contributed by atoms with Crippen LogP contribution in [0, 0.1) is 0 Å². The third-order valence-corrected chi connectivity index (χ3v) is 4.04. The fourth-order valence-electron chi connectivity index (χ4n) is 1.94. The lowest BCUT2D eigenvalue weighted by atomic mass is 10.3. The lowest BCUT2D eigenvalue weighted by Gasteiger charge is -2.05. The smallest absolute Gasteiger partial charge is 0.305 e. The molecule has 0 aromatic carbocycles. The molecule has 0 aliphatic rings. The van der Waals surface area contributed by atoms with Crippen LogP contribution in [0.2, 0.25) is 0 Å². The molecule has 0 saturated carbocycles. The van der Waals surface area contributed by atoms with Crippen molar-refractivity contribution in [1.29, 1.82) is 0 Å². The van der Waals surface area contributed by atoms with E-state index in [0.29, 0.717) is 30.6 Å². The number of aromatic nitrogens is 4. The third-order valence-electron chi connectivity index (χ3n) is 3.10. The minimum Gasteiger partial charge on any atom is -0.466 e. The molecule has 2 aromatic heterocycles. The highest BCUT2D eigenvalue weighted by Gasteiger charge is 2.13. The predicted octanol–water partition coefficient (Wildman–Crippen LogP) is 0.606. The Bertz CT molecular complexity index is 707. The first-order valence-electron chi connectivity index (χ1n) is 7.77. The maximum Gasteiger partial charge on any atom is 0.305 e. The fraction of sp³-hybridized carbons (Fsp3) is 0.400. The van der Waals surface area contributed by atoms with Gasteiger partial charge in [0.2, 0.25) is 11.1 Å². The topological polar surface area (TPSA) is 125 Å². The molecule has 0 saturated heterocycles. The fourth-order valence-corrected chi connectivity index (χ4v) is 2.63. The second-order valence-corrected chi connectivity index (χ2v) is 5.91. The Labute approximate surface area is 149 Å². The van der Waals surface area contributed by atoms with Crippen LogP contribution < -0.4 is 11.2 Å². The molecule has 10 heteroatoms. The number of esters is 1. The summed E-state index contributed by atoms with van der Waals surface area (Å²) in [5.41, 5.74) is 0.743. The van der Waals surface area contributed by atoms with E-state index in [4.69, 9.17) is 10.6 Å². The molecular formula is C15H20N6O3S. The molecular weight excluding hydrogens is 344 g/mol. The molecule has 2 rings (SSSR count). The molecule has 0 aliphatic carbocycles. The lowest BCUT2D eigenvalue weighted by molar-refractivity contribution is -0.143. The van der Waals surface area contributed by atoms with Crippen molar-refractivity contribution in [1.82, 2.24) is 25.2 Å². The summed E-state index contributed by atoms with van der Waals surface area (Å²) in [5, 5.41) is 11.2. The number of rotatable bonds is 9. The van der Waals surface area contributed by atoms with E-state index in [0.717, 1.165) is 5.56 Å². The van der Waals surface area contributed by atoms with E-state index in [1.165, 1.54) is 16.4 Å². The van der Waals surface area contributed by atoms with Gasteiger partial charge in [0.25, 0.3) is 0 Å². The van der Waals surface area contributed by atoms with Crippen molar-refractivity contribution in [3.8, 4) is 11.4 Å². The van der Waals surface area contributed by atoms with Crippen LogP contribution in [-0.2, 0) is 14.3 Å². The first kappa shape index (κ1) is 18.7. The highest BCUT2D eigenvalue weighted by Crippen LogP contribution is 2.20. The number of nitrogens with two attached hydrogens (primary N) is 1. The molecule has 1 amide bonds. The predicted molar refractivity (Wildman–Crippen MR) is 93.0 cm³/mol. The zero-order chi connectivity index (χ0) is 18.1. The molecule has 0 unspecified atom stereocenters. The van der Waals surface area contributed by atoms with E-state index in [9.17, 15) is 9.59 Å². The highest BCUT2D eigenvalue weighted by molar-refractivity contribution is 7.99. The van der Waals surface area contributed by atoms with E-state index < -0.39 is 0 Å². The molecule has 0 bridgehead atoms. The summed E-state index contributed by atoms with van der Waals surface area (Å²) in [6.07, 6.45) is 4.11. The van der Waals surface area contributed by atoms with E-state index in [1.54, 1.807) is 25.4 Å². The van der Waals surface area contributed by atoms with Gasteiger partial charge in [0, 0.05) is 30.9 Å². The van der Waals surface area contributed by atoms with Crippen LogP contribution in [0.15, 0.2) is 29.7 Å². The molecule has 2 heterocycles. The monoisotopic (exact) mass is 364 g/mol. The Hall–Kier alpha value is -2.62. The van der Waals surface area contributed by atoms with E-state index in [2.05, 4.69) is 20.5 Å². The van der Waals surface area contributed by atoms with Crippen molar-refractivity contribution in [3.63, 3.8) is 0 Å². The number of thioether (sulfide) groups is 1. The molecule has 0 spiro atoms. The van der Waals surface area contributed by atoms with Gasteiger partial charge in [0.15, 0.2) is 5.82 Å². The van der Waals surface area contributed by atoms with Gasteiger partial charge in [-0.25, -0.2) is 4.68 Å². The van der Waals surface area contributed by atoms with Crippen molar-refractivity contribution in [2.24, 2.45) is 0 Å². The Morgan fingerprint density at radius 1 is 1.40 bits per heavy atom. The summed E-state index contributed by atoms with van der Waals surface area (Å²) in [5.74, 6) is 6.17. The molecule has 9 nitrogen and oxygen atoms in total. The summed E-state index contributed by atoms with van der Waals surface area (Å²) in [6.45, 7) is 2.53. The minimum atomic E-state index is -0.259. The van der Waals surface area contributed by atoms with Crippen molar-refractivity contribution in [2.75, 3.05) is 24.7 Å². The molecule has 25 heavy (non-hydrogen) atoms. The van der Waals surface area contributed by atoms with Gasteiger partial charge in [0.1, 0.15) is 0 Å². The van der Waals surface area contributed by atoms with Crippen LogP contribution in [0.5, 0.6) is 0 Å². The van der Waals surface area contributed by atoms with E-state index >= 15 is 0 Å². The molecule has 2 aromatic rings. The molecule has 134 valence electrons. The lowest BCUT2D eigenvalue weighted by Crippen LogP contribution is -2.27. The van der Waals surface area contributed by atoms with E-state index in [-0.39, 0.29) is 24.1 Å². The average Bonchev–Trinajstić information content (AvgIpc) is 2.98. The quantitative estimate of drug-likeness (QED) is 0.287. The zero-order valence-electron chi connectivity index (χ0n) is 13.8. The largest absolute Gasteiger partial charge is 0.466 e. The Morgan fingerprint density at radius 2 is 2.24 bits per heavy atom. The second kappa shape index (κ2) is 9.62.